The smallest absolute Gasteiger partial charge is 0.280 e. The van der Waals surface area contributed by atoms with E-state index in [0.29, 0.717) is 46.2 Å². The van der Waals surface area contributed by atoms with Gasteiger partial charge in [0.15, 0.2) is 10.8 Å². The average Bonchev–Trinajstić information content (AvgIpc) is 3.33. The molecular weight excluding hydrogens is 415 g/mol. The lowest BCUT2D eigenvalue weighted by Gasteiger charge is -2.13. The number of halogens is 2. The number of alkyl halides is 1. The first-order valence-electron chi connectivity index (χ1n) is 9.22. The monoisotopic (exact) mass is 436 g/mol. The molecule has 2 heterocycles. The molecule has 0 aliphatic carbocycles. The summed E-state index contributed by atoms with van der Waals surface area (Å²) in [5.74, 6) is 0.346. The van der Waals surface area contributed by atoms with Crippen molar-refractivity contribution in [3.8, 4) is 22.7 Å². The number of benzene rings is 1. The van der Waals surface area contributed by atoms with Crippen LogP contribution in [0.2, 0.25) is 0 Å². The summed E-state index contributed by atoms with van der Waals surface area (Å²) in [5.41, 5.74) is 1.76. The minimum atomic E-state index is -0.334. The molecule has 2 aromatic heterocycles. The van der Waals surface area contributed by atoms with Crippen molar-refractivity contribution in [2.24, 2.45) is 0 Å². The van der Waals surface area contributed by atoms with Crippen LogP contribution in [0.25, 0.3) is 22.7 Å². The Hall–Kier alpha value is -2.29. The SMILES string of the molecule is CCN(CCl)Cc1nc(-c2ccc(F)cc2)c(-c2csc(C(=O)NC(C)C)n2)o1. The van der Waals surface area contributed by atoms with Crippen molar-refractivity contribution in [1.29, 1.82) is 0 Å². The minimum Gasteiger partial charge on any atom is -0.437 e. The molecule has 0 saturated heterocycles. The van der Waals surface area contributed by atoms with Crippen molar-refractivity contribution in [1.82, 2.24) is 20.2 Å². The fraction of sp³-hybridized carbons (Fsp3) is 0.350. The summed E-state index contributed by atoms with van der Waals surface area (Å²) in [6.07, 6.45) is 0. The first-order chi connectivity index (χ1) is 13.9. The van der Waals surface area contributed by atoms with Gasteiger partial charge >= 0.3 is 0 Å². The van der Waals surface area contributed by atoms with Gasteiger partial charge in [-0.1, -0.05) is 6.92 Å². The van der Waals surface area contributed by atoms with E-state index in [4.69, 9.17) is 16.0 Å². The highest BCUT2D eigenvalue weighted by Crippen LogP contribution is 2.34. The number of carbonyl (C=O) groups excluding carboxylic acids is 1. The van der Waals surface area contributed by atoms with E-state index in [1.54, 1.807) is 17.5 Å². The van der Waals surface area contributed by atoms with Crippen molar-refractivity contribution < 1.29 is 13.6 Å². The molecule has 3 aromatic rings. The number of amides is 1. The van der Waals surface area contributed by atoms with Crippen LogP contribution in [0.1, 0.15) is 36.5 Å². The summed E-state index contributed by atoms with van der Waals surface area (Å²) >= 11 is 7.19. The van der Waals surface area contributed by atoms with Gasteiger partial charge in [-0.15, -0.1) is 22.9 Å². The Bertz CT molecular complexity index is 967. The Morgan fingerprint density at radius 3 is 2.66 bits per heavy atom. The quantitative estimate of drug-likeness (QED) is 0.407. The van der Waals surface area contributed by atoms with Gasteiger partial charge in [-0.2, -0.15) is 0 Å². The summed E-state index contributed by atoms with van der Waals surface area (Å²) < 4.78 is 19.4. The maximum atomic E-state index is 13.4. The predicted molar refractivity (Wildman–Crippen MR) is 112 cm³/mol. The number of aromatic nitrogens is 2. The number of carbonyl (C=O) groups is 1. The normalized spacial score (nSPS) is 11.4. The Morgan fingerprint density at radius 1 is 1.31 bits per heavy atom. The molecule has 0 spiro atoms. The molecule has 154 valence electrons. The highest BCUT2D eigenvalue weighted by Gasteiger charge is 2.22. The highest BCUT2D eigenvalue weighted by molar-refractivity contribution is 7.12. The topological polar surface area (TPSA) is 71.3 Å². The van der Waals surface area contributed by atoms with Crippen LogP contribution in [-0.4, -0.2) is 39.4 Å². The molecule has 0 bridgehead atoms. The van der Waals surface area contributed by atoms with Crippen molar-refractivity contribution >= 4 is 28.8 Å². The van der Waals surface area contributed by atoms with Crippen molar-refractivity contribution in [2.45, 2.75) is 33.4 Å². The highest BCUT2D eigenvalue weighted by atomic mass is 35.5. The molecule has 9 heteroatoms. The van der Waals surface area contributed by atoms with E-state index in [1.165, 1.54) is 23.5 Å². The standard InChI is InChI=1S/C20H22ClFN4O2S/c1-4-26(11-21)9-16-25-17(13-5-7-14(22)8-6-13)18(28-16)15-10-29-20(24-15)19(27)23-12(2)3/h5-8,10,12H,4,9,11H2,1-3H3,(H,23,27). The number of rotatable bonds is 8. The number of hydrogen-bond donors (Lipinski definition) is 1. The van der Waals surface area contributed by atoms with Crippen molar-refractivity contribution in [3.63, 3.8) is 0 Å². The largest absolute Gasteiger partial charge is 0.437 e. The summed E-state index contributed by atoms with van der Waals surface area (Å²) in [5, 5.41) is 4.92. The average molecular weight is 437 g/mol. The van der Waals surface area contributed by atoms with Gasteiger partial charge in [0.1, 0.15) is 17.2 Å². The third-order valence-corrected chi connectivity index (χ3v) is 5.29. The van der Waals surface area contributed by atoms with Gasteiger partial charge in [0.2, 0.25) is 5.89 Å². The van der Waals surface area contributed by atoms with Crippen LogP contribution in [0.5, 0.6) is 0 Å². The number of thiazole rings is 1. The zero-order chi connectivity index (χ0) is 21.0. The van der Waals surface area contributed by atoms with Crippen LogP contribution in [0.4, 0.5) is 4.39 Å². The zero-order valence-electron chi connectivity index (χ0n) is 16.4. The van der Waals surface area contributed by atoms with Gasteiger partial charge in [-0.3, -0.25) is 9.69 Å². The molecular formula is C20H22ClFN4O2S. The third-order valence-electron chi connectivity index (χ3n) is 4.12. The lowest BCUT2D eigenvalue weighted by Crippen LogP contribution is -2.29. The van der Waals surface area contributed by atoms with E-state index in [9.17, 15) is 9.18 Å². The first kappa shape index (κ1) is 21.4. The number of nitrogens with one attached hydrogen (secondary N) is 1. The molecule has 0 aliphatic heterocycles. The Morgan fingerprint density at radius 2 is 2.03 bits per heavy atom. The fourth-order valence-corrected chi connectivity index (χ4v) is 3.60. The number of oxazole rings is 1. The second-order valence-electron chi connectivity index (χ2n) is 6.72. The Kier molecular flexibility index (Phi) is 7.00. The molecule has 0 fully saturated rings. The molecule has 0 saturated carbocycles. The van der Waals surface area contributed by atoms with Crippen LogP contribution in [0, 0.1) is 5.82 Å². The molecule has 0 radical (unpaired) electrons. The van der Waals surface area contributed by atoms with Crippen LogP contribution >= 0.6 is 22.9 Å². The minimum absolute atomic E-state index is 0.0112. The lowest BCUT2D eigenvalue weighted by molar-refractivity contribution is 0.0943. The summed E-state index contributed by atoms with van der Waals surface area (Å²) in [6.45, 7) is 6.94. The molecule has 6 nitrogen and oxygen atoms in total. The molecule has 1 N–H and O–H groups in total. The molecule has 3 rings (SSSR count). The second kappa shape index (κ2) is 9.47. The van der Waals surface area contributed by atoms with Crippen molar-refractivity contribution in [2.75, 3.05) is 12.5 Å². The molecule has 0 unspecified atom stereocenters. The summed E-state index contributed by atoms with van der Waals surface area (Å²) in [6, 6.07) is 6.37. The van der Waals surface area contributed by atoms with Gasteiger partial charge in [-0.25, -0.2) is 14.4 Å². The first-order valence-corrected chi connectivity index (χ1v) is 10.6. The predicted octanol–water partition coefficient (Wildman–Crippen LogP) is 4.76. The van der Waals surface area contributed by atoms with Gasteiger partial charge < -0.3 is 9.73 Å². The Balaban J connectivity index is 2.00. The Labute approximate surface area is 177 Å². The van der Waals surface area contributed by atoms with Gasteiger partial charge in [0, 0.05) is 17.0 Å². The van der Waals surface area contributed by atoms with Crippen LogP contribution in [0.3, 0.4) is 0 Å². The number of nitrogens with zero attached hydrogens (tertiary/aromatic N) is 3. The maximum Gasteiger partial charge on any atom is 0.280 e. The summed E-state index contributed by atoms with van der Waals surface area (Å²) in [4.78, 5) is 23.2. The van der Waals surface area contributed by atoms with Gasteiger partial charge in [-0.05, 0) is 44.7 Å². The van der Waals surface area contributed by atoms with E-state index < -0.39 is 0 Å². The van der Waals surface area contributed by atoms with Crippen LogP contribution in [-0.2, 0) is 6.54 Å². The molecule has 1 aromatic carbocycles. The van der Waals surface area contributed by atoms with E-state index in [1.807, 2.05) is 25.7 Å². The van der Waals surface area contributed by atoms with E-state index in [-0.39, 0.29) is 17.8 Å². The number of hydrogen-bond acceptors (Lipinski definition) is 6. The molecule has 29 heavy (non-hydrogen) atoms. The van der Waals surface area contributed by atoms with Crippen LogP contribution in [0.15, 0.2) is 34.1 Å². The van der Waals surface area contributed by atoms with E-state index >= 15 is 0 Å². The molecule has 1 amide bonds. The van der Waals surface area contributed by atoms with Crippen molar-refractivity contribution in [3.05, 3.63) is 46.4 Å². The molecule has 0 atom stereocenters. The maximum absolute atomic E-state index is 13.4. The summed E-state index contributed by atoms with van der Waals surface area (Å²) in [7, 11) is 0. The fourth-order valence-electron chi connectivity index (χ4n) is 2.65. The molecule has 0 aliphatic rings. The zero-order valence-corrected chi connectivity index (χ0v) is 18.0. The lowest BCUT2D eigenvalue weighted by atomic mass is 10.1. The van der Waals surface area contributed by atoms with Gasteiger partial charge in [0.05, 0.1) is 12.5 Å². The van der Waals surface area contributed by atoms with Gasteiger partial charge in [0.25, 0.3) is 5.91 Å². The van der Waals surface area contributed by atoms with E-state index in [0.717, 1.165) is 6.54 Å². The second-order valence-corrected chi connectivity index (χ2v) is 7.82. The third kappa shape index (κ3) is 5.20. The van der Waals surface area contributed by atoms with E-state index in [2.05, 4.69) is 15.3 Å². The van der Waals surface area contributed by atoms with Crippen LogP contribution < -0.4 is 5.32 Å².